The summed E-state index contributed by atoms with van der Waals surface area (Å²) in [7, 11) is 0. The van der Waals surface area contributed by atoms with Gasteiger partial charge in [-0.05, 0) is 19.1 Å². The fraction of sp³-hybridized carbons (Fsp3) is 0.154. The number of halogens is 4. The lowest BCUT2D eigenvalue weighted by molar-refractivity contribution is 0.0950. The molecule has 1 N–H and O–H groups in total. The molecular weight excluding hydrogens is 356 g/mol. The number of rotatable bonds is 3. The Bertz CT molecular complexity index is 683. The monoisotopic (exact) mass is 363 g/mol. The summed E-state index contributed by atoms with van der Waals surface area (Å²) >= 11 is 23.7. The van der Waals surface area contributed by atoms with Crippen molar-refractivity contribution in [2.45, 2.75) is 13.5 Å². The molecule has 2 aromatic heterocycles. The van der Waals surface area contributed by atoms with Crippen LogP contribution in [-0.4, -0.2) is 15.9 Å². The molecule has 0 spiro atoms. The van der Waals surface area contributed by atoms with E-state index in [9.17, 15) is 4.79 Å². The Morgan fingerprint density at radius 3 is 2.52 bits per heavy atom. The molecule has 2 rings (SSSR count). The maximum Gasteiger partial charge on any atom is 0.256 e. The van der Waals surface area contributed by atoms with E-state index in [1.807, 2.05) is 0 Å². The van der Waals surface area contributed by atoms with Crippen LogP contribution >= 0.6 is 46.4 Å². The van der Waals surface area contributed by atoms with Gasteiger partial charge in [-0.3, -0.25) is 9.78 Å². The van der Waals surface area contributed by atoms with Crippen LogP contribution in [0.15, 0.2) is 18.3 Å². The highest BCUT2D eigenvalue weighted by molar-refractivity contribution is 6.39. The van der Waals surface area contributed by atoms with Crippen molar-refractivity contribution in [1.29, 1.82) is 0 Å². The molecular formula is C13H9Cl4N3O. The minimum absolute atomic E-state index is 0.0488. The van der Waals surface area contributed by atoms with Crippen LogP contribution in [0.25, 0.3) is 0 Å². The second-order valence-electron chi connectivity index (χ2n) is 4.18. The highest BCUT2D eigenvalue weighted by Gasteiger charge is 2.17. The summed E-state index contributed by atoms with van der Waals surface area (Å²) in [6, 6.07) is 3.11. The number of pyridine rings is 2. The Morgan fingerprint density at radius 2 is 1.90 bits per heavy atom. The molecule has 0 fully saturated rings. The summed E-state index contributed by atoms with van der Waals surface area (Å²) < 4.78 is 0. The lowest BCUT2D eigenvalue weighted by Gasteiger charge is -2.09. The predicted molar refractivity (Wildman–Crippen MR) is 84.4 cm³/mol. The van der Waals surface area contributed by atoms with Gasteiger partial charge in [-0.1, -0.05) is 46.4 Å². The number of nitrogens with zero attached hydrogens (tertiary/aromatic N) is 2. The SMILES string of the molecule is Cc1cc(Cl)c(C(=O)NCc2ncc(Cl)cc2Cl)c(Cl)n1. The number of aryl methyl sites for hydroxylation is 1. The van der Waals surface area contributed by atoms with Gasteiger partial charge >= 0.3 is 0 Å². The van der Waals surface area contributed by atoms with E-state index in [1.54, 1.807) is 19.1 Å². The molecule has 0 atom stereocenters. The Balaban J connectivity index is 2.16. The first-order valence-corrected chi connectivity index (χ1v) is 7.30. The zero-order valence-electron chi connectivity index (χ0n) is 10.8. The summed E-state index contributed by atoms with van der Waals surface area (Å²) in [4.78, 5) is 20.2. The fourth-order valence-electron chi connectivity index (χ4n) is 1.62. The quantitative estimate of drug-likeness (QED) is 0.824. The van der Waals surface area contributed by atoms with Crippen molar-refractivity contribution in [3.05, 3.63) is 55.5 Å². The van der Waals surface area contributed by atoms with Crippen molar-refractivity contribution in [2.75, 3.05) is 0 Å². The molecule has 0 bridgehead atoms. The number of nitrogens with one attached hydrogen (secondary N) is 1. The molecule has 2 aromatic rings. The van der Waals surface area contributed by atoms with E-state index in [2.05, 4.69) is 15.3 Å². The zero-order valence-corrected chi connectivity index (χ0v) is 13.8. The lowest BCUT2D eigenvalue weighted by atomic mass is 10.2. The Labute approximate surface area is 141 Å². The molecule has 0 unspecified atom stereocenters. The number of carbonyl (C=O) groups is 1. The number of hydrogen-bond donors (Lipinski definition) is 1. The van der Waals surface area contributed by atoms with Gasteiger partial charge < -0.3 is 5.32 Å². The highest BCUT2D eigenvalue weighted by atomic mass is 35.5. The van der Waals surface area contributed by atoms with E-state index in [0.717, 1.165) is 0 Å². The Kier molecular flexibility index (Phi) is 5.27. The van der Waals surface area contributed by atoms with Crippen molar-refractivity contribution in [1.82, 2.24) is 15.3 Å². The Morgan fingerprint density at radius 1 is 1.19 bits per heavy atom. The van der Waals surface area contributed by atoms with Crippen LogP contribution in [0, 0.1) is 6.92 Å². The molecule has 0 aliphatic heterocycles. The number of aromatic nitrogens is 2. The van der Waals surface area contributed by atoms with Crippen LogP contribution in [0.5, 0.6) is 0 Å². The molecule has 1 amide bonds. The summed E-state index contributed by atoms with van der Waals surface area (Å²) in [5.74, 6) is -0.453. The van der Waals surface area contributed by atoms with Crippen molar-refractivity contribution in [3.63, 3.8) is 0 Å². The molecule has 0 aromatic carbocycles. The molecule has 8 heteroatoms. The third-order valence-electron chi connectivity index (χ3n) is 2.58. The summed E-state index contributed by atoms with van der Waals surface area (Å²) in [6.07, 6.45) is 1.45. The maximum atomic E-state index is 12.1. The van der Waals surface area contributed by atoms with Crippen molar-refractivity contribution < 1.29 is 4.79 Å². The predicted octanol–water partition coefficient (Wildman–Crippen LogP) is 4.33. The van der Waals surface area contributed by atoms with Crippen LogP contribution in [0.1, 0.15) is 21.7 Å². The fourth-order valence-corrected chi connectivity index (χ4v) is 2.77. The summed E-state index contributed by atoms with van der Waals surface area (Å²) in [5, 5.41) is 3.71. The summed E-state index contributed by atoms with van der Waals surface area (Å²) in [6.45, 7) is 1.85. The van der Waals surface area contributed by atoms with E-state index in [1.165, 1.54) is 6.20 Å². The van der Waals surface area contributed by atoms with Gasteiger partial charge in [0.2, 0.25) is 0 Å². The third kappa shape index (κ3) is 3.98. The zero-order chi connectivity index (χ0) is 15.6. The van der Waals surface area contributed by atoms with Crippen molar-refractivity contribution in [3.8, 4) is 0 Å². The largest absolute Gasteiger partial charge is 0.346 e. The first-order chi connectivity index (χ1) is 9.88. The smallest absolute Gasteiger partial charge is 0.256 e. The normalized spacial score (nSPS) is 10.5. The van der Waals surface area contributed by atoms with E-state index in [0.29, 0.717) is 21.4 Å². The molecule has 0 aliphatic carbocycles. The standard InChI is InChI=1S/C13H9Cl4N3O/c1-6-2-9(16)11(12(17)20-6)13(21)19-5-10-8(15)3-7(14)4-18-10/h2-4H,5H2,1H3,(H,19,21). The molecule has 110 valence electrons. The van der Waals surface area contributed by atoms with E-state index >= 15 is 0 Å². The lowest BCUT2D eigenvalue weighted by Crippen LogP contribution is -2.24. The number of hydrogen-bond acceptors (Lipinski definition) is 3. The molecule has 0 aliphatic rings. The number of carbonyl (C=O) groups excluding carboxylic acids is 1. The molecule has 0 saturated carbocycles. The van der Waals surface area contributed by atoms with Crippen LogP contribution in [0.4, 0.5) is 0 Å². The maximum absolute atomic E-state index is 12.1. The van der Waals surface area contributed by atoms with Crippen LogP contribution in [-0.2, 0) is 6.54 Å². The van der Waals surface area contributed by atoms with Crippen LogP contribution in [0.2, 0.25) is 20.2 Å². The van der Waals surface area contributed by atoms with Gasteiger partial charge in [-0.2, -0.15) is 0 Å². The topological polar surface area (TPSA) is 54.9 Å². The molecule has 0 radical (unpaired) electrons. The average molecular weight is 365 g/mol. The molecule has 2 heterocycles. The highest BCUT2D eigenvalue weighted by Crippen LogP contribution is 2.24. The first-order valence-electron chi connectivity index (χ1n) is 5.79. The van der Waals surface area contributed by atoms with Gasteiger partial charge in [0.05, 0.1) is 32.9 Å². The summed E-state index contributed by atoms with van der Waals surface area (Å²) in [5.41, 5.74) is 1.24. The number of amides is 1. The van der Waals surface area contributed by atoms with Gasteiger partial charge in [0.15, 0.2) is 0 Å². The van der Waals surface area contributed by atoms with Gasteiger partial charge in [-0.15, -0.1) is 0 Å². The molecule has 4 nitrogen and oxygen atoms in total. The van der Waals surface area contributed by atoms with Gasteiger partial charge in [0.1, 0.15) is 5.15 Å². The van der Waals surface area contributed by atoms with Gasteiger partial charge in [0.25, 0.3) is 5.91 Å². The third-order valence-corrected chi connectivity index (χ3v) is 3.69. The van der Waals surface area contributed by atoms with E-state index < -0.39 is 5.91 Å². The second kappa shape index (κ2) is 6.79. The van der Waals surface area contributed by atoms with E-state index in [-0.39, 0.29) is 22.3 Å². The molecule has 21 heavy (non-hydrogen) atoms. The van der Waals surface area contributed by atoms with Crippen LogP contribution in [0.3, 0.4) is 0 Å². The van der Waals surface area contributed by atoms with E-state index in [4.69, 9.17) is 46.4 Å². The van der Waals surface area contributed by atoms with Crippen molar-refractivity contribution >= 4 is 52.3 Å². The minimum Gasteiger partial charge on any atom is -0.346 e. The minimum atomic E-state index is -0.453. The van der Waals surface area contributed by atoms with Crippen LogP contribution < -0.4 is 5.32 Å². The second-order valence-corrected chi connectivity index (χ2v) is 5.78. The van der Waals surface area contributed by atoms with Gasteiger partial charge in [-0.25, -0.2) is 4.98 Å². The van der Waals surface area contributed by atoms with Crippen molar-refractivity contribution in [2.24, 2.45) is 0 Å². The molecule has 0 saturated heterocycles. The first kappa shape index (κ1) is 16.3. The average Bonchev–Trinajstić information content (AvgIpc) is 2.36. The Hall–Kier alpha value is -1.07. The van der Waals surface area contributed by atoms with Gasteiger partial charge in [0, 0.05) is 11.9 Å².